The summed E-state index contributed by atoms with van der Waals surface area (Å²) in [4.78, 5) is 23.7. The first kappa shape index (κ1) is 19.9. The van der Waals surface area contributed by atoms with E-state index in [-0.39, 0.29) is 16.9 Å². The van der Waals surface area contributed by atoms with Crippen LogP contribution in [0.3, 0.4) is 0 Å². The Morgan fingerprint density at radius 2 is 1.96 bits per heavy atom. The zero-order valence-electron chi connectivity index (χ0n) is 14.8. The Morgan fingerprint density at radius 1 is 1.18 bits per heavy atom. The van der Waals surface area contributed by atoms with Crippen LogP contribution in [-0.4, -0.2) is 34.4 Å². The molecule has 0 spiro atoms. The molecular weight excluding hydrogens is 402 g/mol. The number of carbonyl (C=O) groups excluding carboxylic acids is 2. The van der Waals surface area contributed by atoms with Gasteiger partial charge in [-0.15, -0.1) is 10.2 Å². The van der Waals surface area contributed by atoms with Crippen LogP contribution in [0.2, 0.25) is 5.02 Å². The second kappa shape index (κ2) is 9.38. The monoisotopic (exact) mass is 417 g/mol. The summed E-state index contributed by atoms with van der Waals surface area (Å²) in [5, 5.41) is 11.5. The van der Waals surface area contributed by atoms with E-state index in [1.807, 2.05) is 0 Å². The highest BCUT2D eigenvalue weighted by Gasteiger charge is 2.12. The molecular formula is C19H16ClN3O4S. The number of thioether (sulfide) groups is 1. The van der Waals surface area contributed by atoms with Gasteiger partial charge in [0.1, 0.15) is 0 Å². The number of carbonyl (C=O) groups is 2. The summed E-state index contributed by atoms with van der Waals surface area (Å²) in [6.45, 7) is 2.05. The van der Waals surface area contributed by atoms with Crippen LogP contribution >= 0.6 is 23.4 Å². The van der Waals surface area contributed by atoms with Crippen LogP contribution in [0.25, 0.3) is 11.5 Å². The van der Waals surface area contributed by atoms with E-state index < -0.39 is 5.97 Å². The lowest BCUT2D eigenvalue weighted by Gasteiger charge is -2.05. The molecule has 0 saturated heterocycles. The van der Waals surface area contributed by atoms with Crippen LogP contribution in [0.15, 0.2) is 58.2 Å². The molecule has 144 valence electrons. The van der Waals surface area contributed by atoms with Gasteiger partial charge in [-0.05, 0) is 49.4 Å². The maximum atomic E-state index is 12.1. The standard InChI is InChI=1S/C19H16ClN3O4S/c1-2-26-18(25)12-6-8-15(9-7-12)21-16(24)11-28-19-23-22-17(27-19)13-4-3-5-14(20)10-13/h3-10H,2,11H2,1H3,(H,21,24). The van der Waals surface area contributed by atoms with Crippen LogP contribution in [0.1, 0.15) is 17.3 Å². The molecule has 0 bridgehead atoms. The van der Waals surface area contributed by atoms with E-state index in [4.69, 9.17) is 20.8 Å². The van der Waals surface area contributed by atoms with Crippen molar-refractivity contribution in [2.45, 2.75) is 12.1 Å². The lowest BCUT2D eigenvalue weighted by Crippen LogP contribution is -2.14. The Morgan fingerprint density at radius 3 is 2.68 bits per heavy atom. The summed E-state index contributed by atoms with van der Waals surface area (Å²) in [6, 6.07) is 13.5. The van der Waals surface area contributed by atoms with Crippen LogP contribution in [0.5, 0.6) is 0 Å². The van der Waals surface area contributed by atoms with Crippen molar-refractivity contribution in [1.82, 2.24) is 10.2 Å². The van der Waals surface area contributed by atoms with Gasteiger partial charge in [-0.3, -0.25) is 4.79 Å². The largest absolute Gasteiger partial charge is 0.462 e. The molecule has 1 heterocycles. The molecule has 3 aromatic rings. The van der Waals surface area contributed by atoms with Gasteiger partial charge in [-0.1, -0.05) is 29.4 Å². The molecule has 28 heavy (non-hydrogen) atoms. The topological polar surface area (TPSA) is 94.3 Å². The molecule has 2 aromatic carbocycles. The molecule has 0 atom stereocenters. The van der Waals surface area contributed by atoms with Gasteiger partial charge in [0.05, 0.1) is 17.9 Å². The number of amides is 1. The van der Waals surface area contributed by atoms with Crippen LogP contribution in [0.4, 0.5) is 5.69 Å². The van der Waals surface area contributed by atoms with Crippen LogP contribution < -0.4 is 5.32 Å². The lowest BCUT2D eigenvalue weighted by molar-refractivity contribution is -0.113. The first-order chi connectivity index (χ1) is 13.5. The molecule has 1 aromatic heterocycles. The smallest absolute Gasteiger partial charge is 0.338 e. The van der Waals surface area contributed by atoms with E-state index in [9.17, 15) is 9.59 Å². The second-order valence-electron chi connectivity index (χ2n) is 5.52. The highest BCUT2D eigenvalue weighted by Crippen LogP contribution is 2.25. The van der Waals surface area contributed by atoms with Gasteiger partial charge in [-0.2, -0.15) is 0 Å². The maximum absolute atomic E-state index is 12.1. The van der Waals surface area contributed by atoms with E-state index in [1.54, 1.807) is 55.5 Å². The minimum atomic E-state index is -0.400. The van der Waals surface area contributed by atoms with Gasteiger partial charge in [0.2, 0.25) is 11.8 Å². The van der Waals surface area contributed by atoms with Gasteiger partial charge in [0.25, 0.3) is 5.22 Å². The number of ether oxygens (including phenoxy) is 1. The van der Waals surface area contributed by atoms with Crippen molar-refractivity contribution in [2.24, 2.45) is 0 Å². The first-order valence-corrected chi connectivity index (χ1v) is 9.71. The normalized spacial score (nSPS) is 10.5. The second-order valence-corrected chi connectivity index (χ2v) is 6.88. The average Bonchev–Trinajstić information content (AvgIpc) is 3.16. The fourth-order valence-electron chi connectivity index (χ4n) is 2.23. The number of halogens is 1. The molecule has 0 unspecified atom stereocenters. The highest BCUT2D eigenvalue weighted by atomic mass is 35.5. The van der Waals surface area contributed by atoms with Crippen molar-refractivity contribution in [3.63, 3.8) is 0 Å². The Balaban J connectivity index is 1.53. The van der Waals surface area contributed by atoms with E-state index in [0.29, 0.717) is 34.3 Å². The Bertz CT molecular complexity index is 975. The molecule has 3 rings (SSSR count). The van der Waals surface area contributed by atoms with E-state index in [1.165, 1.54) is 0 Å². The maximum Gasteiger partial charge on any atom is 0.338 e. The summed E-state index contributed by atoms with van der Waals surface area (Å²) >= 11 is 7.07. The quantitative estimate of drug-likeness (QED) is 0.452. The van der Waals surface area contributed by atoms with Crippen LogP contribution in [0, 0.1) is 0 Å². The van der Waals surface area contributed by atoms with Crippen molar-refractivity contribution in [2.75, 3.05) is 17.7 Å². The number of anilines is 1. The predicted molar refractivity (Wildman–Crippen MR) is 106 cm³/mol. The average molecular weight is 418 g/mol. The number of nitrogens with zero attached hydrogens (tertiary/aromatic N) is 2. The van der Waals surface area contributed by atoms with Crippen molar-refractivity contribution in [3.8, 4) is 11.5 Å². The van der Waals surface area contributed by atoms with Gasteiger partial charge in [0, 0.05) is 16.3 Å². The predicted octanol–water partition coefficient (Wildman–Crippen LogP) is 4.30. The zero-order valence-corrected chi connectivity index (χ0v) is 16.4. The molecule has 1 N–H and O–H groups in total. The molecule has 0 aliphatic heterocycles. The van der Waals surface area contributed by atoms with E-state index in [0.717, 1.165) is 11.8 Å². The molecule has 0 aliphatic rings. The number of hydrogen-bond acceptors (Lipinski definition) is 7. The van der Waals surface area contributed by atoms with Crippen molar-refractivity contribution in [3.05, 3.63) is 59.1 Å². The first-order valence-electron chi connectivity index (χ1n) is 8.34. The summed E-state index contributed by atoms with van der Waals surface area (Å²) in [5.74, 6) is -0.212. The summed E-state index contributed by atoms with van der Waals surface area (Å²) in [5.41, 5.74) is 1.70. The number of benzene rings is 2. The molecule has 0 radical (unpaired) electrons. The number of aromatic nitrogens is 2. The molecule has 1 amide bonds. The number of esters is 1. The van der Waals surface area contributed by atoms with E-state index >= 15 is 0 Å². The van der Waals surface area contributed by atoms with Gasteiger partial charge in [0.15, 0.2) is 0 Å². The molecule has 0 fully saturated rings. The Labute approximate surface area is 170 Å². The lowest BCUT2D eigenvalue weighted by atomic mass is 10.2. The number of nitrogens with one attached hydrogen (secondary N) is 1. The van der Waals surface area contributed by atoms with Gasteiger partial charge in [-0.25, -0.2) is 4.79 Å². The van der Waals surface area contributed by atoms with Crippen molar-refractivity contribution < 1.29 is 18.7 Å². The fourth-order valence-corrected chi connectivity index (χ4v) is 2.99. The fraction of sp³-hybridized carbons (Fsp3) is 0.158. The third kappa shape index (κ3) is 5.34. The molecule has 0 saturated carbocycles. The minimum Gasteiger partial charge on any atom is -0.462 e. The van der Waals surface area contributed by atoms with Crippen molar-refractivity contribution >= 4 is 40.9 Å². The molecule has 0 aliphatic carbocycles. The Kier molecular flexibility index (Phi) is 6.67. The molecule has 7 nitrogen and oxygen atoms in total. The third-order valence-electron chi connectivity index (χ3n) is 3.48. The summed E-state index contributed by atoms with van der Waals surface area (Å²) < 4.78 is 10.5. The molecule has 9 heteroatoms. The highest BCUT2D eigenvalue weighted by molar-refractivity contribution is 7.99. The zero-order chi connectivity index (χ0) is 19.9. The van der Waals surface area contributed by atoms with E-state index in [2.05, 4.69) is 15.5 Å². The number of rotatable bonds is 7. The van der Waals surface area contributed by atoms with Crippen LogP contribution in [-0.2, 0) is 9.53 Å². The van der Waals surface area contributed by atoms with Gasteiger partial charge >= 0.3 is 5.97 Å². The summed E-state index contributed by atoms with van der Waals surface area (Å²) in [7, 11) is 0. The minimum absolute atomic E-state index is 0.0941. The van der Waals surface area contributed by atoms with Gasteiger partial charge < -0.3 is 14.5 Å². The Hall–Kier alpha value is -2.84. The number of hydrogen-bond donors (Lipinski definition) is 1. The SMILES string of the molecule is CCOC(=O)c1ccc(NC(=O)CSc2nnc(-c3cccc(Cl)c3)o2)cc1. The van der Waals surface area contributed by atoms with Crippen molar-refractivity contribution in [1.29, 1.82) is 0 Å². The summed E-state index contributed by atoms with van der Waals surface area (Å²) in [6.07, 6.45) is 0. The third-order valence-corrected chi connectivity index (χ3v) is 4.54.